The van der Waals surface area contributed by atoms with E-state index >= 15 is 0 Å². The van der Waals surface area contributed by atoms with Crippen LogP contribution in [0.4, 0.5) is 5.69 Å². The fourth-order valence-electron chi connectivity index (χ4n) is 3.05. The van der Waals surface area contributed by atoms with Gasteiger partial charge in [-0.2, -0.15) is 0 Å². The highest BCUT2D eigenvalue weighted by Crippen LogP contribution is 2.27. The summed E-state index contributed by atoms with van der Waals surface area (Å²) in [7, 11) is 0. The topological polar surface area (TPSA) is 178 Å². The molecule has 0 aliphatic heterocycles. The molecule has 0 bridgehead atoms. The molecule has 12 heteroatoms. The quantitative estimate of drug-likeness (QED) is 0.317. The van der Waals surface area contributed by atoms with Gasteiger partial charge < -0.3 is 20.8 Å². The fraction of sp³-hybridized carbons (Fsp3) is 0.286. The van der Waals surface area contributed by atoms with Crippen molar-refractivity contribution in [2.24, 2.45) is 5.18 Å². The minimum Gasteiger partial charge on any atom is -0.480 e. The van der Waals surface area contributed by atoms with Gasteiger partial charge in [-0.3, -0.25) is 29.1 Å². The first kappa shape index (κ1) is 25.1. The summed E-state index contributed by atoms with van der Waals surface area (Å²) in [5.41, 5.74) is 0.935. The van der Waals surface area contributed by atoms with E-state index in [1.807, 2.05) is 0 Å². The smallest absolute Gasteiger partial charge is 0.317 e. The van der Waals surface area contributed by atoms with Gasteiger partial charge in [0.05, 0.1) is 44.3 Å². The summed E-state index contributed by atoms with van der Waals surface area (Å²) >= 11 is 0. The van der Waals surface area contributed by atoms with E-state index in [4.69, 9.17) is 10.2 Å². The van der Waals surface area contributed by atoms with Crippen LogP contribution in [0.5, 0.6) is 0 Å². The van der Waals surface area contributed by atoms with E-state index in [1.165, 1.54) is 12.1 Å². The van der Waals surface area contributed by atoms with E-state index in [0.717, 1.165) is 4.90 Å². The van der Waals surface area contributed by atoms with Crippen molar-refractivity contribution in [3.8, 4) is 0 Å². The summed E-state index contributed by atoms with van der Waals surface area (Å²) in [6.45, 7) is -1.72. The Morgan fingerprint density at radius 3 is 2.21 bits per heavy atom. The summed E-state index contributed by atoms with van der Waals surface area (Å²) in [5, 5.41) is 26.1. The van der Waals surface area contributed by atoms with E-state index in [1.54, 1.807) is 36.5 Å². The van der Waals surface area contributed by atoms with Crippen LogP contribution in [0.3, 0.4) is 0 Å². The van der Waals surface area contributed by atoms with Gasteiger partial charge in [-0.25, -0.2) is 0 Å². The van der Waals surface area contributed by atoms with Crippen molar-refractivity contribution in [2.45, 2.75) is 19.0 Å². The molecule has 1 atom stereocenters. The molecule has 1 aromatic heterocycles. The number of rotatable bonds is 13. The largest absolute Gasteiger partial charge is 0.480 e. The number of carboxylic acids is 2. The number of hydrogen-bond acceptors (Lipinski definition) is 8. The number of amides is 2. The van der Waals surface area contributed by atoms with E-state index in [-0.39, 0.29) is 24.2 Å². The van der Waals surface area contributed by atoms with Crippen molar-refractivity contribution < 1.29 is 29.4 Å². The predicted molar refractivity (Wildman–Crippen MR) is 115 cm³/mol. The fourth-order valence-corrected chi connectivity index (χ4v) is 3.05. The second-order valence-electron chi connectivity index (χ2n) is 7.00. The first-order valence-corrected chi connectivity index (χ1v) is 9.82. The third kappa shape index (κ3) is 8.83. The molecular formula is C21H23N5O7. The average molecular weight is 457 g/mol. The summed E-state index contributed by atoms with van der Waals surface area (Å²) < 4.78 is 0. The van der Waals surface area contributed by atoms with Crippen LogP contribution in [0, 0.1) is 4.91 Å². The molecule has 1 unspecified atom stereocenters. The van der Waals surface area contributed by atoms with Gasteiger partial charge in [0.2, 0.25) is 11.8 Å². The molecule has 1 heterocycles. The second-order valence-corrected chi connectivity index (χ2v) is 7.00. The van der Waals surface area contributed by atoms with Crippen molar-refractivity contribution in [1.29, 1.82) is 0 Å². The zero-order valence-electron chi connectivity index (χ0n) is 17.5. The van der Waals surface area contributed by atoms with Gasteiger partial charge in [0.1, 0.15) is 5.69 Å². The Kier molecular flexibility index (Phi) is 9.58. The Bertz CT molecular complexity index is 984. The van der Waals surface area contributed by atoms with E-state index in [2.05, 4.69) is 20.8 Å². The highest BCUT2D eigenvalue weighted by molar-refractivity contribution is 5.83. The van der Waals surface area contributed by atoms with Crippen LogP contribution < -0.4 is 10.6 Å². The molecule has 2 rings (SSSR count). The van der Waals surface area contributed by atoms with Gasteiger partial charge in [-0.05, 0) is 23.4 Å². The predicted octanol–water partition coefficient (Wildman–Crippen LogP) is 0.815. The SMILES string of the molecule is O=Nc1ccccc1C(CC(=O)NCc1ccccn1)NC(=O)CN(CC(=O)O)CC(=O)O. The molecule has 33 heavy (non-hydrogen) atoms. The highest BCUT2D eigenvalue weighted by atomic mass is 16.4. The Hall–Kier alpha value is -4.19. The lowest BCUT2D eigenvalue weighted by Crippen LogP contribution is -2.43. The lowest BCUT2D eigenvalue weighted by molar-refractivity contribution is -0.142. The van der Waals surface area contributed by atoms with Crippen molar-refractivity contribution in [1.82, 2.24) is 20.5 Å². The molecule has 0 aliphatic rings. The van der Waals surface area contributed by atoms with Gasteiger partial charge in [0, 0.05) is 11.8 Å². The molecule has 0 spiro atoms. The molecule has 174 valence electrons. The molecule has 4 N–H and O–H groups in total. The number of aliphatic carboxylic acids is 2. The van der Waals surface area contributed by atoms with Crippen molar-refractivity contribution >= 4 is 29.4 Å². The Morgan fingerprint density at radius 1 is 0.939 bits per heavy atom. The first-order valence-electron chi connectivity index (χ1n) is 9.82. The molecule has 1 aromatic carbocycles. The number of benzene rings is 1. The van der Waals surface area contributed by atoms with Crippen LogP contribution in [-0.2, 0) is 25.7 Å². The summed E-state index contributed by atoms with van der Waals surface area (Å²) in [6.07, 6.45) is 1.33. The molecule has 0 aliphatic carbocycles. The highest BCUT2D eigenvalue weighted by Gasteiger charge is 2.24. The van der Waals surface area contributed by atoms with Gasteiger partial charge in [0.15, 0.2) is 0 Å². The number of carbonyl (C=O) groups excluding carboxylic acids is 2. The average Bonchev–Trinajstić information content (AvgIpc) is 2.77. The van der Waals surface area contributed by atoms with Crippen LogP contribution in [0.2, 0.25) is 0 Å². The second kappa shape index (κ2) is 12.6. The molecule has 2 amide bonds. The number of carboxylic acid groups (broad SMARTS) is 2. The normalized spacial score (nSPS) is 11.4. The maximum absolute atomic E-state index is 12.6. The van der Waals surface area contributed by atoms with E-state index < -0.39 is 49.4 Å². The first-order chi connectivity index (χ1) is 15.8. The minimum absolute atomic E-state index is 0.0215. The van der Waals surface area contributed by atoms with Gasteiger partial charge in [-0.1, -0.05) is 24.3 Å². The summed E-state index contributed by atoms with van der Waals surface area (Å²) in [4.78, 5) is 63.3. The standard InChI is InChI=1S/C21H23N5O7/c27-18(23-10-14-5-3-4-8-22-14)9-17(15-6-1-2-7-16(15)25-33)24-19(28)11-26(12-20(29)30)13-21(31)32/h1-8,17H,9-13H2,(H,23,27)(H,24,28)(H,29,30)(H,31,32). The number of pyridine rings is 1. The maximum Gasteiger partial charge on any atom is 0.317 e. The van der Waals surface area contributed by atoms with E-state index in [0.29, 0.717) is 5.69 Å². The van der Waals surface area contributed by atoms with Crippen LogP contribution in [-0.4, -0.2) is 63.5 Å². The Labute approximate surface area is 188 Å². The molecule has 0 saturated carbocycles. The molecule has 0 fully saturated rings. The maximum atomic E-state index is 12.6. The van der Waals surface area contributed by atoms with Crippen molar-refractivity contribution in [3.63, 3.8) is 0 Å². The number of carbonyl (C=O) groups is 4. The number of aromatic nitrogens is 1. The number of nitroso groups, excluding NO2 is 1. The lowest BCUT2D eigenvalue weighted by atomic mass is 10.0. The Morgan fingerprint density at radius 2 is 1.61 bits per heavy atom. The van der Waals surface area contributed by atoms with E-state index in [9.17, 15) is 24.1 Å². The molecule has 0 radical (unpaired) electrons. The number of nitrogens with one attached hydrogen (secondary N) is 2. The van der Waals surface area contributed by atoms with Crippen LogP contribution in [0.1, 0.15) is 23.7 Å². The molecule has 12 nitrogen and oxygen atoms in total. The third-order valence-electron chi connectivity index (χ3n) is 4.41. The van der Waals surface area contributed by atoms with Gasteiger partial charge in [0.25, 0.3) is 0 Å². The minimum atomic E-state index is -1.30. The van der Waals surface area contributed by atoms with Crippen LogP contribution in [0.15, 0.2) is 53.8 Å². The molecular weight excluding hydrogens is 434 g/mol. The van der Waals surface area contributed by atoms with Crippen molar-refractivity contribution in [2.75, 3.05) is 19.6 Å². The van der Waals surface area contributed by atoms with Crippen LogP contribution >= 0.6 is 0 Å². The zero-order valence-corrected chi connectivity index (χ0v) is 17.5. The molecule has 2 aromatic rings. The van der Waals surface area contributed by atoms with Gasteiger partial charge >= 0.3 is 11.9 Å². The van der Waals surface area contributed by atoms with Crippen molar-refractivity contribution in [3.05, 3.63) is 64.8 Å². The zero-order chi connectivity index (χ0) is 24.2. The Balaban J connectivity index is 2.13. The third-order valence-corrected chi connectivity index (χ3v) is 4.41. The summed E-state index contributed by atoms with van der Waals surface area (Å²) in [5.74, 6) is -3.77. The van der Waals surface area contributed by atoms with Gasteiger partial charge in [-0.15, -0.1) is 4.91 Å². The number of nitrogens with zero attached hydrogens (tertiary/aromatic N) is 3. The monoisotopic (exact) mass is 457 g/mol. The number of hydrogen-bond donors (Lipinski definition) is 4. The lowest BCUT2D eigenvalue weighted by Gasteiger charge is -2.22. The molecule has 0 saturated heterocycles. The van der Waals surface area contributed by atoms with Crippen LogP contribution in [0.25, 0.3) is 0 Å². The summed E-state index contributed by atoms with van der Waals surface area (Å²) in [6, 6.07) is 10.4.